The number of carboxylic acids is 3. The number of hydrogen-bond acceptors (Lipinski definition) is 13. The maximum atomic E-state index is 12.9. The van der Waals surface area contributed by atoms with Crippen LogP contribution in [0, 0.1) is 10.8 Å². The molecule has 328 valence electrons. The molecule has 11 N–H and O–H groups in total. The summed E-state index contributed by atoms with van der Waals surface area (Å²) in [6, 6.07) is -4.72. The number of nitrogens with two attached hydrogens (primary N) is 1. The van der Waals surface area contributed by atoms with Gasteiger partial charge in [-0.2, -0.15) is 8.42 Å². The van der Waals surface area contributed by atoms with Gasteiger partial charge in [-0.1, -0.05) is 27.7 Å². The van der Waals surface area contributed by atoms with E-state index in [-0.39, 0.29) is 70.9 Å². The topological polar surface area (TPSA) is 356 Å². The van der Waals surface area contributed by atoms with E-state index in [1.54, 1.807) is 27.7 Å². The minimum absolute atomic E-state index is 0.000963. The first-order valence-corrected chi connectivity index (χ1v) is 19.9. The van der Waals surface area contributed by atoms with Crippen LogP contribution in [0.15, 0.2) is 0 Å². The number of carboxylic acid groups (broad SMARTS) is 3. The van der Waals surface area contributed by atoms with Crippen molar-refractivity contribution in [2.45, 2.75) is 104 Å². The predicted molar refractivity (Wildman–Crippen MR) is 201 cm³/mol. The second-order valence-electron chi connectivity index (χ2n) is 14.9. The number of rotatable bonds is 32. The average Bonchev–Trinajstić information content (AvgIpc) is 3.04. The summed E-state index contributed by atoms with van der Waals surface area (Å²) in [4.78, 5) is 96.1. The van der Waals surface area contributed by atoms with Crippen molar-refractivity contribution in [1.82, 2.24) is 26.6 Å². The summed E-state index contributed by atoms with van der Waals surface area (Å²) in [5, 5.41) is 39.9. The van der Waals surface area contributed by atoms with Gasteiger partial charge in [-0.05, 0) is 42.9 Å². The maximum absolute atomic E-state index is 12.9. The van der Waals surface area contributed by atoms with Gasteiger partial charge in [0.25, 0.3) is 10.1 Å². The Morgan fingerprint density at radius 3 is 1.77 bits per heavy atom. The van der Waals surface area contributed by atoms with E-state index in [0.29, 0.717) is 19.4 Å². The Labute approximate surface area is 331 Å². The number of amides is 5. The molecule has 3 atom stereocenters. The SMILES string of the molecule is CC(C)(CC(=O)O)CC(C)(C)CC(=O)NC(CS(=O)(=O)O)C(=O)NC(CCC(=O)NCCOCCOCC(=O)NC(CCCCNC(=O)CCN)C(=O)O)C(=O)O. The molecular weight excluding hydrogens is 780 g/mol. The van der Waals surface area contributed by atoms with Crippen LogP contribution in [0.5, 0.6) is 0 Å². The lowest BCUT2D eigenvalue weighted by Crippen LogP contribution is -2.54. The Kier molecular flexibility index (Phi) is 24.4. The van der Waals surface area contributed by atoms with E-state index in [0.717, 1.165) is 0 Å². The molecule has 0 rings (SSSR count). The van der Waals surface area contributed by atoms with Gasteiger partial charge in [0.2, 0.25) is 29.5 Å². The number of unbranched alkanes of at least 4 members (excludes halogenated alkanes) is 1. The lowest BCUT2D eigenvalue weighted by atomic mass is 9.72. The van der Waals surface area contributed by atoms with Gasteiger partial charge in [-0.15, -0.1) is 0 Å². The molecule has 0 heterocycles. The summed E-state index contributed by atoms with van der Waals surface area (Å²) in [5.41, 5.74) is 3.78. The average molecular weight is 841 g/mol. The molecular formula is C34H60N6O16S. The first-order chi connectivity index (χ1) is 26.4. The van der Waals surface area contributed by atoms with E-state index in [1.807, 2.05) is 0 Å². The number of carbonyl (C=O) groups is 8. The van der Waals surface area contributed by atoms with E-state index >= 15 is 0 Å². The van der Waals surface area contributed by atoms with Crippen LogP contribution in [-0.2, 0) is 57.9 Å². The van der Waals surface area contributed by atoms with Crippen molar-refractivity contribution >= 4 is 57.6 Å². The summed E-state index contributed by atoms with van der Waals surface area (Å²) in [7, 11) is -4.84. The second kappa shape index (κ2) is 26.5. The maximum Gasteiger partial charge on any atom is 0.326 e. The molecule has 0 aromatic rings. The van der Waals surface area contributed by atoms with Crippen LogP contribution >= 0.6 is 0 Å². The van der Waals surface area contributed by atoms with Crippen LogP contribution in [0.2, 0.25) is 0 Å². The van der Waals surface area contributed by atoms with Crippen LogP contribution in [0.1, 0.15) is 85.5 Å². The van der Waals surface area contributed by atoms with Gasteiger partial charge < -0.3 is 57.1 Å². The first kappa shape index (κ1) is 52.6. The Hall–Kier alpha value is -4.45. The van der Waals surface area contributed by atoms with Gasteiger partial charge in [0.05, 0.1) is 26.2 Å². The Bertz CT molecular complexity index is 1470. The number of carbonyl (C=O) groups excluding carboxylic acids is 5. The molecule has 0 spiro atoms. The molecule has 0 radical (unpaired) electrons. The Morgan fingerprint density at radius 2 is 1.19 bits per heavy atom. The molecule has 23 heteroatoms. The molecule has 0 saturated heterocycles. The van der Waals surface area contributed by atoms with Crippen LogP contribution in [0.3, 0.4) is 0 Å². The fourth-order valence-electron chi connectivity index (χ4n) is 5.86. The van der Waals surface area contributed by atoms with Gasteiger partial charge in [0.15, 0.2) is 0 Å². The van der Waals surface area contributed by atoms with Crippen molar-refractivity contribution in [3.63, 3.8) is 0 Å². The normalized spacial score (nSPS) is 13.4. The highest BCUT2D eigenvalue weighted by atomic mass is 32.2. The van der Waals surface area contributed by atoms with Crippen molar-refractivity contribution in [2.24, 2.45) is 16.6 Å². The predicted octanol–water partition coefficient (Wildman–Crippen LogP) is -1.63. The third kappa shape index (κ3) is 27.7. The molecule has 0 aromatic carbocycles. The van der Waals surface area contributed by atoms with E-state index < -0.39 is 106 Å². The molecule has 0 fully saturated rings. The van der Waals surface area contributed by atoms with Crippen molar-refractivity contribution in [3.05, 3.63) is 0 Å². The summed E-state index contributed by atoms with van der Waals surface area (Å²) in [6.07, 6.45) is 0.268. The molecule has 0 aliphatic heterocycles. The molecule has 5 amide bonds. The zero-order valence-corrected chi connectivity index (χ0v) is 33.7. The van der Waals surface area contributed by atoms with Crippen molar-refractivity contribution in [1.29, 1.82) is 0 Å². The lowest BCUT2D eigenvalue weighted by molar-refractivity contribution is -0.143. The molecule has 3 unspecified atom stereocenters. The van der Waals surface area contributed by atoms with Crippen LogP contribution in [-0.4, -0.2) is 146 Å². The minimum atomic E-state index is -4.84. The van der Waals surface area contributed by atoms with Crippen molar-refractivity contribution in [3.8, 4) is 0 Å². The Morgan fingerprint density at radius 1 is 0.649 bits per heavy atom. The smallest absolute Gasteiger partial charge is 0.326 e. The first-order valence-electron chi connectivity index (χ1n) is 18.3. The number of ether oxygens (including phenoxy) is 2. The van der Waals surface area contributed by atoms with Gasteiger partial charge in [0, 0.05) is 38.9 Å². The van der Waals surface area contributed by atoms with E-state index in [1.165, 1.54) is 0 Å². The van der Waals surface area contributed by atoms with Crippen LogP contribution in [0.25, 0.3) is 0 Å². The number of hydrogen-bond donors (Lipinski definition) is 10. The monoisotopic (exact) mass is 840 g/mol. The third-order valence-corrected chi connectivity index (χ3v) is 8.70. The molecule has 22 nitrogen and oxygen atoms in total. The van der Waals surface area contributed by atoms with Crippen LogP contribution < -0.4 is 32.3 Å². The number of nitrogens with one attached hydrogen (secondary N) is 5. The molecule has 0 bridgehead atoms. The van der Waals surface area contributed by atoms with Crippen molar-refractivity contribution in [2.75, 3.05) is 51.8 Å². The van der Waals surface area contributed by atoms with E-state index in [2.05, 4.69) is 26.6 Å². The number of aliphatic carboxylic acids is 3. The summed E-state index contributed by atoms with van der Waals surface area (Å²) in [5.74, 6) is -8.62. The van der Waals surface area contributed by atoms with Crippen molar-refractivity contribution < 1.29 is 76.1 Å². The van der Waals surface area contributed by atoms with E-state index in [9.17, 15) is 61.5 Å². The van der Waals surface area contributed by atoms with Gasteiger partial charge >= 0.3 is 17.9 Å². The third-order valence-electron chi connectivity index (χ3n) is 7.95. The van der Waals surface area contributed by atoms with E-state index in [4.69, 9.17) is 20.3 Å². The van der Waals surface area contributed by atoms with Gasteiger partial charge in [-0.25, -0.2) is 9.59 Å². The fraction of sp³-hybridized carbons (Fsp3) is 0.765. The Balaban J connectivity index is 4.69. The lowest BCUT2D eigenvalue weighted by Gasteiger charge is -2.34. The zero-order chi connectivity index (χ0) is 43.8. The second-order valence-corrected chi connectivity index (χ2v) is 16.4. The highest BCUT2D eigenvalue weighted by molar-refractivity contribution is 7.85. The summed E-state index contributed by atoms with van der Waals surface area (Å²) >= 11 is 0. The quantitative estimate of drug-likeness (QED) is 0.0268. The molecule has 0 aromatic heterocycles. The minimum Gasteiger partial charge on any atom is -0.481 e. The standard InChI is InChI=1S/C34H60N6O16S/c1-33(2,21-34(3,4)18-29(45)46)17-27(43)39-24(20-57(52,53)54)30(47)40-23(32(50)51)8-9-25(41)37-13-14-55-15-16-56-19-28(44)38-22(31(48)49)7-5-6-12-36-26(42)10-11-35/h22-24H,5-21,35H2,1-4H3,(H,36,42)(H,37,41)(H,38,44)(H,39,43)(H,40,47)(H,45,46)(H,48,49)(H,50,51)(H,52,53,54). The zero-order valence-electron chi connectivity index (χ0n) is 32.9. The van der Waals surface area contributed by atoms with Crippen LogP contribution in [0.4, 0.5) is 0 Å². The molecule has 0 aliphatic rings. The summed E-state index contributed by atoms with van der Waals surface area (Å²) in [6.45, 7) is 6.85. The largest absolute Gasteiger partial charge is 0.481 e. The molecule has 0 aliphatic carbocycles. The fourth-order valence-corrected chi connectivity index (χ4v) is 6.51. The highest BCUT2D eigenvalue weighted by Crippen LogP contribution is 2.38. The van der Waals surface area contributed by atoms with Gasteiger partial charge in [-0.3, -0.25) is 33.3 Å². The van der Waals surface area contributed by atoms with Gasteiger partial charge in [0.1, 0.15) is 30.5 Å². The highest BCUT2D eigenvalue weighted by Gasteiger charge is 2.35. The molecule has 57 heavy (non-hydrogen) atoms. The summed E-state index contributed by atoms with van der Waals surface area (Å²) < 4.78 is 43.1. The molecule has 0 saturated carbocycles.